The Morgan fingerprint density at radius 3 is 2.74 bits per heavy atom. The van der Waals surface area contributed by atoms with Gasteiger partial charge in [0, 0.05) is 19.1 Å². The SMILES string of the molecule is CC1CN(S(=O)(=O)c2ccc(F)cc2Cl)CCC1N. The molecular formula is C12H16ClFN2O2S. The van der Waals surface area contributed by atoms with Gasteiger partial charge < -0.3 is 5.73 Å². The molecule has 1 fully saturated rings. The van der Waals surface area contributed by atoms with Crippen molar-refractivity contribution in [1.82, 2.24) is 4.31 Å². The molecule has 1 aromatic carbocycles. The smallest absolute Gasteiger partial charge is 0.244 e. The van der Waals surface area contributed by atoms with Crippen LogP contribution in [-0.4, -0.2) is 31.9 Å². The lowest BCUT2D eigenvalue weighted by Gasteiger charge is -2.34. The van der Waals surface area contributed by atoms with Crippen molar-refractivity contribution in [3.63, 3.8) is 0 Å². The summed E-state index contributed by atoms with van der Waals surface area (Å²) in [6.45, 7) is 2.64. The number of benzene rings is 1. The van der Waals surface area contributed by atoms with Crippen LogP contribution in [0.5, 0.6) is 0 Å². The van der Waals surface area contributed by atoms with Crippen LogP contribution in [-0.2, 0) is 10.0 Å². The van der Waals surface area contributed by atoms with Gasteiger partial charge in [-0.25, -0.2) is 12.8 Å². The summed E-state index contributed by atoms with van der Waals surface area (Å²) in [6.07, 6.45) is 0.610. The quantitative estimate of drug-likeness (QED) is 0.907. The van der Waals surface area contributed by atoms with E-state index in [0.717, 1.165) is 12.1 Å². The van der Waals surface area contributed by atoms with E-state index in [9.17, 15) is 12.8 Å². The number of hydrogen-bond acceptors (Lipinski definition) is 3. The molecule has 0 aliphatic carbocycles. The summed E-state index contributed by atoms with van der Waals surface area (Å²) in [5.74, 6) is -0.472. The van der Waals surface area contributed by atoms with Gasteiger partial charge in [0.1, 0.15) is 10.7 Å². The minimum Gasteiger partial charge on any atom is -0.327 e. The zero-order chi connectivity index (χ0) is 14.2. The monoisotopic (exact) mass is 306 g/mol. The van der Waals surface area contributed by atoms with Crippen LogP contribution in [0.4, 0.5) is 4.39 Å². The van der Waals surface area contributed by atoms with Crippen molar-refractivity contribution in [3.8, 4) is 0 Å². The highest BCUT2D eigenvalue weighted by Crippen LogP contribution is 2.28. The number of sulfonamides is 1. The Morgan fingerprint density at radius 2 is 2.16 bits per heavy atom. The topological polar surface area (TPSA) is 63.4 Å². The summed E-state index contributed by atoms with van der Waals surface area (Å²) >= 11 is 5.83. The van der Waals surface area contributed by atoms with Gasteiger partial charge in [-0.15, -0.1) is 0 Å². The van der Waals surface area contributed by atoms with Gasteiger partial charge in [0.15, 0.2) is 0 Å². The number of rotatable bonds is 2. The number of nitrogens with zero attached hydrogens (tertiary/aromatic N) is 1. The molecule has 0 saturated carbocycles. The first-order chi connectivity index (χ1) is 8.82. The molecule has 2 rings (SSSR count). The van der Waals surface area contributed by atoms with E-state index in [2.05, 4.69) is 0 Å². The van der Waals surface area contributed by atoms with Gasteiger partial charge in [-0.3, -0.25) is 0 Å². The summed E-state index contributed by atoms with van der Waals surface area (Å²) in [4.78, 5) is -0.0572. The summed E-state index contributed by atoms with van der Waals surface area (Å²) < 4.78 is 39.2. The maximum Gasteiger partial charge on any atom is 0.244 e. The lowest BCUT2D eigenvalue weighted by Crippen LogP contribution is -2.48. The van der Waals surface area contributed by atoms with Crippen molar-refractivity contribution < 1.29 is 12.8 Å². The average molecular weight is 307 g/mol. The Balaban J connectivity index is 2.32. The van der Waals surface area contributed by atoms with Crippen LogP contribution >= 0.6 is 11.6 Å². The number of halogens is 2. The van der Waals surface area contributed by atoms with Crippen molar-refractivity contribution in [2.75, 3.05) is 13.1 Å². The molecule has 1 heterocycles. The molecule has 0 amide bonds. The molecule has 0 bridgehead atoms. The average Bonchev–Trinajstić information content (AvgIpc) is 2.32. The zero-order valence-corrected chi connectivity index (χ0v) is 12.1. The van der Waals surface area contributed by atoms with Crippen molar-refractivity contribution in [1.29, 1.82) is 0 Å². The second-order valence-electron chi connectivity index (χ2n) is 4.87. The molecular weight excluding hydrogens is 291 g/mol. The number of hydrogen-bond donors (Lipinski definition) is 1. The van der Waals surface area contributed by atoms with Crippen LogP contribution in [0.1, 0.15) is 13.3 Å². The fourth-order valence-corrected chi connectivity index (χ4v) is 4.23. The molecule has 1 saturated heterocycles. The Hall–Kier alpha value is -0.690. The first-order valence-corrected chi connectivity index (χ1v) is 7.85. The van der Waals surface area contributed by atoms with Crippen LogP contribution in [0, 0.1) is 11.7 Å². The number of piperidine rings is 1. The van der Waals surface area contributed by atoms with Crippen LogP contribution in [0.15, 0.2) is 23.1 Å². The Labute approximate surface area is 117 Å². The highest BCUT2D eigenvalue weighted by Gasteiger charge is 2.33. The molecule has 4 nitrogen and oxygen atoms in total. The predicted molar refractivity (Wildman–Crippen MR) is 71.9 cm³/mol. The van der Waals surface area contributed by atoms with E-state index < -0.39 is 15.8 Å². The summed E-state index contributed by atoms with van der Waals surface area (Å²) in [5, 5.41) is -0.0949. The third-order valence-corrected chi connectivity index (χ3v) is 5.79. The first kappa shape index (κ1) is 14.7. The normalized spacial score (nSPS) is 25.5. The highest BCUT2D eigenvalue weighted by molar-refractivity contribution is 7.89. The molecule has 2 unspecified atom stereocenters. The maximum atomic E-state index is 13.0. The van der Waals surface area contributed by atoms with Gasteiger partial charge in [0.2, 0.25) is 10.0 Å². The van der Waals surface area contributed by atoms with E-state index >= 15 is 0 Å². The van der Waals surface area contributed by atoms with Gasteiger partial charge in [0.05, 0.1) is 5.02 Å². The van der Waals surface area contributed by atoms with Gasteiger partial charge >= 0.3 is 0 Å². The molecule has 1 aromatic rings. The summed E-state index contributed by atoms with van der Waals surface area (Å²) in [7, 11) is -3.69. The zero-order valence-electron chi connectivity index (χ0n) is 10.5. The van der Waals surface area contributed by atoms with Crippen molar-refractivity contribution in [2.45, 2.75) is 24.3 Å². The molecule has 1 aliphatic heterocycles. The van der Waals surface area contributed by atoms with Crippen LogP contribution < -0.4 is 5.73 Å². The molecule has 1 aliphatic rings. The molecule has 7 heteroatoms. The summed E-state index contributed by atoms with van der Waals surface area (Å²) in [5.41, 5.74) is 5.88. The minimum atomic E-state index is -3.69. The fourth-order valence-electron chi connectivity index (χ4n) is 2.17. The van der Waals surface area contributed by atoms with Crippen LogP contribution in [0.2, 0.25) is 5.02 Å². The second-order valence-corrected chi connectivity index (χ2v) is 7.18. The maximum absolute atomic E-state index is 13.0. The van der Waals surface area contributed by atoms with Crippen molar-refractivity contribution in [2.24, 2.45) is 11.7 Å². The number of nitrogens with two attached hydrogens (primary N) is 1. The van der Waals surface area contributed by atoms with E-state index in [1.54, 1.807) is 0 Å². The Bertz CT molecular complexity index is 579. The Morgan fingerprint density at radius 1 is 1.47 bits per heavy atom. The van der Waals surface area contributed by atoms with Gasteiger partial charge in [-0.05, 0) is 30.5 Å². The molecule has 2 atom stereocenters. The van der Waals surface area contributed by atoms with Crippen molar-refractivity contribution >= 4 is 21.6 Å². The largest absolute Gasteiger partial charge is 0.327 e. The van der Waals surface area contributed by atoms with Gasteiger partial charge in [-0.1, -0.05) is 18.5 Å². The third kappa shape index (κ3) is 2.91. The lowest BCUT2D eigenvalue weighted by molar-refractivity contribution is 0.250. The molecule has 106 valence electrons. The molecule has 19 heavy (non-hydrogen) atoms. The second kappa shape index (κ2) is 5.36. The van der Waals surface area contributed by atoms with E-state index in [1.807, 2.05) is 6.92 Å². The standard InChI is InChI=1S/C12H16ClFN2O2S/c1-8-7-16(5-4-11(8)15)19(17,18)12-3-2-9(14)6-10(12)13/h2-3,6,8,11H,4-5,7,15H2,1H3. The summed E-state index contributed by atoms with van der Waals surface area (Å²) in [6, 6.07) is 3.31. The molecule has 2 N–H and O–H groups in total. The van der Waals surface area contributed by atoms with E-state index in [4.69, 9.17) is 17.3 Å². The third-order valence-electron chi connectivity index (χ3n) is 3.45. The molecule has 0 radical (unpaired) electrons. The van der Waals surface area contributed by atoms with Crippen LogP contribution in [0.3, 0.4) is 0 Å². The first-order valence-electron chi connectivity index (χ1n) is 6.03. The predicted octanol–water partition coefficient (Wildman–Crippen LogP) is 1.84. The molecule has 0 aromatic heterocycles. The molecule has 0 spiro atoms. The van der Waals surface area contributed by atoms with E-state index in [-0.39, 0.29) is 21.9 Å². The fraction of sp³-hybridized carbons (Fsp3) is 0.500. The van der Waals surface area contributed by atoms with Crippen LogP contribution in [0.25, 0.3) is 0 Å². The van der Waals surface area contributed by atoms with Gasteiger partial charge in [-0.2, -0.15) is 4.31 Å². The van der Waals surface area contributed by atoms with E-state index in [1.165, 1.54) is 10.4 Å². The van der Waals surface area contributed by atoms with Crippen molar-refractivity contribution in [3.05, 3.63) is 29.0 Å². The van der Waals surface area contributed by atoms with Gasteiger partial charge in [0.25, 0.3) is 0 Å². The van der Waals surface area contributed by atoms with E-state index in [0.29, 0.717) is 19.5 Å². The Kier molecular flexibility index (Phi) is 4.15. The highest BCUT2D eigenvalue weighted by atomic mass is 35.5. The minimum absolute atomic E-state index is 0.00939. The lowest BCUT2D eigenvalue weighted by atomic mass is 9.96.